The van der Waals surface area contributed by atoms with Gasteiger partial charge in [0, 0.05) is 22.9 Å². The van der Waals surface area contributed by atoms with Crippen molar-refractivity contribution in [3.8, 4) is 0 Å². The quantitative estimate of drug-likeness (QED) is 0.468. The highest BCUT2D eigenvalue weighted by atomic mass is 32.1. The van der Waals surface area contributed by atoms with Crippen LogP contribution in [0.5, 0.6) is 0 Å². The van der Waals surface area contributed by atoms with E-state index in [0.29, 0.717) is 17.5 Å². The maximum atomic E-state index is 12.8. The van der Waals surface area contributed by atoms with Gasteiger partial charge in [-0.3, -0.25) is 4.79 Å². The number of thiophene rings is 1. The number of hydrogen-bond donors (Lipinski definition) is 2. The number of aliphatic hydroxyl groups is 1. The first-order valence-corrected chi connectivity index (χ1v) is 11.8. The van der Waals surface area contributed by atoms with Crippen molar-refractivity contribution in [2.24, 2.45) is 5.92 Å². The SMILES string of the molecule is CCC(CC)n1c(Cc2cccs2)nc2cc(C(=O)N[C@H](CO)CC(C)C)ccc21. The summed E-state index contributed by atoms with van der Waals surface area (Å²) in [6.45, 7) is 8.53. The number of benzene rings is 1. The van der Waals surface area contributed by atoms with E-state index in [0.717, 1.165) is 42.5 Å². The molecule has 0 unspecified atom stereocenters. The van der Waals surface area contributed by atoms with Gasteiger partial charge in [0.15, 0.2) is 0 Å². The molecule has 0 fully saturated rings. The van der Waals surface area contributed by atoms with E-state index in [2.05, 4.69) is 55.1 Å². The van der Waals surface area contributed by atoms with E-state index in [9.17, 15) is 9.90 Å². The van der Waals surface area contributed by atoms with Crippen molar-refractivity contribution in [2.45, 2.75) is 65.5 Å². The van der Waals surface area contributed by atoms with Crippen LogP contribution in [0.1, 0.15) is 74.1 Å². The van der Waals surface area contributed by atoms with Crippen LogP contribution in [0.2, 0.25) is 0 Å². The second-order valence-corrected chi connectivity index (χ2v) is 9.34. The fraction of sp³-hybridized carbons (Fsp3) is 0.500. The Morgan fingerprint density at radius 3 is 2.60 bits per heavy atom. The van der Waals surface area contributed by atoms with Crippen LogP contribution in [0.25, 0.3) is 11.0 Å². The fourth-order valence-electron chi connectivity index (χ4n) is 4.06. The number of rotatable bonds is 10. The topological polar surface area (TPSA) is 67.2 Å². The molecule has 0 radical (unpaired) electrons. The molecule has 1 aromatic carbocycles. The van der Waals surface area contributed by atoms with Gasteiger partial charge in [-0.1, -0.05) is 33.8 Å². The minimum Gasteiger partial charge on any atom is -0.394 e. The van der Waals surface area contributed by atoms with Gasteiger partial charge in [-0.15, -0.1) is 11.3 Å². The molecule has 6 heteroatoms. The van der Waals surface area contributed by atoms with E-state index >= 15 is 0 Å². The molecule has 0 aliphatic carbocycles. The third kappa shape index (κ3) is 5.10. The Kier molecular flexibility index (Phi) is 7.67. The molecule has 2 aromatic heterocycles. The van der Waals surface area contributed by atoms with E-state index in [1.165, 1.54) is 4.88 Å². The van der Waals surface area contributed by atoms with Crippen LogP contribution in [0.4, 0.5) is 0 Å². The van der Waals surface area contributed by atoms with Crippen LogP contribution in [0.15, 0.2) is 35.7 Å². The maximum absolute atomic E-state index is 12.8. The highest BCUT2D eigenvalue weighted by Crippen LogP contribution is 2.28. The Morgan fingerprint density at radius 1 is 1.23 bits per heavy atom. The van der Waals surface area contributed by atoms with Crippen LogP contribution >= 0.6 is 11.3 Å². The Morgan fingerprint density at radius 2 is 2.00 bits per heavy atom. The van der Waals surface area contributed by atoms with Crippen LogP contribution in [0.3, 0.4) is 0 Å². The zero-order chi connectivity index (χ0) is 21.7. The molecule has 5 nitrogen and oxygen atoms in total. The van der Waals surface area contributed by atoms with Gasteiger partial charge in [0.1, 0.15) is 5.82 Å². The van der Waals surface area contributed by atoms with Gasteiger partial charge in [0.25, 0.3) is 5.91 Å². The number of carbonyl (C=O) groups excluding carboxylic acids is 1. The smallest absolute Gasteiger partial charge is 0.251 e. The first kappa shape index (κ1) is 22.5. The summed E-state index contributed by atoms with van der Waals surface area (Å²) >= 11 is 1.74. The number of aromatic nitrogens is 2. The van der Waals surface area contributed by atoms with Crippen LogP contribution < -0.4 is 5.32 Å². The Bertz CT molecular complexity index is 958. The Hall–Kier alpha value is -2.18. The molecule has 0 aliphatic heterocycles. The summed E-state index contributed by atoms with van der Waals surface area (Å²) in [5.74, 6) is 1.29. The van der Waals surface area contributed by atoms with Crippen LogP contribution in [-0.2, 0) is 6.42 Å². The molecule has 1 atom stereocenters. The molecule has 0 bridgehead atoms. The summed E-state index contributed by atoms with van der Waals surface area (Å²) in [5.41, 5.74) is 2.51. The molecule has 1 amide bonds. The molecule has 0 spiro atoms. The van der Waals surface area contributed by atoms with E-state index in [1.807, 2.05) is 18.2 Å². The molecule has 3 rings (SSSR count). The Balaban J connectivity index is 1.94. The van der Waals surface area contributed by atoms with Gasteiger partial charge in [0.05, 0.1) is 23.7 Å². The lowest BCUT2D eigenvalue weighted by Gasteiger charge is -2.19. The monoisotopic (exact) mass is 427 g/mol. The van der Waals surface area contributed by atoms with Gasteiger partial charge in [0.2, 0.25) is 0 Å². The third-order valence-electron chi connectivity index (χ3n) is 5.56. The van der Waals surface area contributed by atoms with E-state index < -0.39 is 0 Å². The van der Waals surface area contributed by atoms with Crippen molar-refractivity contribution in [1.29, 1.82) is 0 Å². The van der Waals surface area contributed by atoms with Crippen molar-refractivity contribution in [2.75, 3.05) is 6.61 Å². The number of imidazole rings is 1. The molecule has 162 valence electrons. The lowest BCUT2D eigenvalue weighted by molar-refractivity contribution is 0.0908. The average molecular weight is 428 g/mol. The summed E-state index contributed by atoms with van der Waals surface area (Å²) in [5, 5.41) is 14.6. The number of nitrogens with one attached hydrogen (secondary N) is 1. The zero-order valence-corrected chi connectivity index (χ0v) is 19.2. The molecule has 0 aliphatic rings. The van der Waals surface area contributed by atoms with Crippen LogP contribution in [0, 0.1) is 5.92 Å². The molecular weight excluding hydrogens is 394 g/mol. The third-order valence-corrected chi connectivity index (χ3v) is 6.43. The van der Waals surface area contributed by atoms with E-state index in [4.69, 9.17) is 4.98 Å². The molecular formula is C24H33N3O2S. The van der Waals surface area contributed by atoms with Gasteiger partial charge in [-0.25, -0.2) is 4.98 Å². The highest BCUT2D eigenvalue weighted by molar-refractivity contribution is 7.09. The zero-order valence-electron chi connectivity index (χ0n) is 18.4. The summed E-state index contributed by atoms with van der Waals surface area (Å²) in [6.07, 6.45) is 3.62. The summed E-state index contributed by atoms with van der Waals surface area (Å²) in [7, 11) is 0. The fourth-order valence-corrected chi connectivity index (χ4v) is 4.76. The predicted octanol–water partition coefficient (Wildman–Crippen LogP) is 5.19. The predicted molar refractivity (Wildman–Crippen MR) is 124 cm³/mol. The molecule has 30 heavy (non-hydrogen) atoms. The molecule has 2 N–H and O–H groups in total. The first-order valence-electron chi connectivity index (χ1n) is 10.9. The largest absolute Gasteiger partial charge is 0.394 e. The van der Waals surface area contributed by atoms with Crippen molar-refractivity contribution >= 4 is 28.3 Å². The van der Waals surface area contributed by atoms with Crippen molar-refractivity contribution in [1.82, 2.24) is 14.9 Å². The number of hydrogen-bond acceptors (Lipinski definition) is 4. The normalized spacial score (nSPS) is 12.8. The minimum atomic E-state index is -0.232. The highest BCUT2D eigenvalue weighted by Gasteiger charge is 2.20. The molecule has 3 aromatic rings. The van der Waals surface area contributed by atoms with Crippen molar-refractivity contribution < 1.29 is 9.90 Å². The maximum Gasteiger partial charge on any atom is 0.251 e. The second kappa shape index (κ2) is 10.2. The second-order valence-electron chi connectivity index (χ2n) is 8.31. The minimum absolute atomic E-state index is 0.0551. The van der Waals surface area contributed by atoms with Gasteiger partial charge in [-0.2, -0.15) is 0 Å². The number of nitrogens with zero attached hydrogens (tertiary/aromatic N) is 2. The summed E-state index contributed by atoms with van der Waals surface area (Å²) < 4.78 is 2.35. The lowest BCUT2D eigenvalue weighted by Crippen LogP contribution is -2.38. The summed E-state index contributed by atoms with van der Waals surface area (Å²) in [4.78, 5) is 19.0. The van der Waals surface area contributed by atoms with Gasteiger partial charge >= 0.3 is 0 Å². The first-order chi connectivity index (χ1) is 14.5. The average Bonchev–Trinajstić information content (AvgIpc) is 3.36. The Labute approximate surface area is 183 Å². The summed E-state index contributed by atoms with van der Waals surface area (Å²) in [6, 6.07) is 10.1. The molecule has 0 saturated heterocycles. The van der Waals surface area contributed by atoms with Crippen LogP contribution in [-0.4, -0.2) is 33.2 Å². The van der Waals surface area contributed by atoms with Crippen molar-refractivity contribution in [3.63, 3.8) is 0 Å². The van der Waals surface area contributed by atoms with Gasteiger partial charge in [-0.05, 0) is 54.8 Å². The van der Waals surface area contributed by atoms with E-state index in [1.54, 1.807) is 11.3 Å². The van der Waals surface area contributed by atoms with Crippen molar-refractivity contribution in [3.05, 3.63) is 52.0 Å². The van der Waals surface area contributed by atoms with E-state index in [-0.39, 0.29) is 18.6 Å². The number of amides is 1. The lowest BCUT2D eigenvalue weighted by atomic mass is 10.0. The number of carbonyl (C=O) groups is 1. The number of fused-ring (bicyclic) bond motifs is 1. The molecule has 0 saturated carbocycles. The number of aliphatic hydroxyl groups excluding tert-OH is 1. The standard InChI is InChI=1S/C24H33N3O2S/c1-5-19(6-2)27-22-10-9-17(24(29)25-18(15-28)12-16(3)4)13-21(22)26-23(27)14-20-8-7-11-30-20/h7-11,13,16,18-19,28H,5-6,12,14-15H2,1-4H3,(H,25,29)/t18-/m0/s1. The van der Waals surface area contributed by atoms with Gasteiger partial charge < -0.3 is 15.0 Å². The molecule has 2 heterocycles.